The number of aromatic amines is 2. The van der Waals surface area contributed by atoms with Crippen molar-refractivity contribution in [2.75, 3.05) is 0 Å². The first kappa shape index (κ1) is 11.9. The summed E-state index contributed by atoms with van der Waals surface area (Å²) in [5.74, 6) is 2.48. The molecule has 0 aliphatic carbocycles. The maximum Gasteiger partial charge on any atom is 0.337 e. The quantitative estimate of drug-likeness (QED) is 0.594. The van der Waals surface area contributed by atoms with Gasteiger partial charge in [0.15, 0.2) is 0 Å². The minimum atomic E-state index is -0.712. The molecule has 2 N–H and O–H groups in total. The maximum atomic E-state index is 11.7. The number of hydrogen-bond donors (Lipinski definition) is 2. The van der Waals surface area contributed by atoms with Gasteiger partial charge in [0.2, 0.25) is 5.71 Å². The SMILES string of the molecule is C#CCCCc1cc(=O)oc2[nH]c(=O)[nH]c(=O)c12. The zero-order valence-electron chi connectivity index (χ0n) is 9.41. The van der Waals surface area contributed by atoms with Crippen LogP contribution < -0.4 is 16.9 Å². The fourth-order valence-corrected chi connectivity index (χ4v) is 1.76. The highest BCUT2D eigenvalue weighted by atomic mass is 16.4. The second-order valence-corrected chi connectivity index (χ2v) is 3.76. The lowest BCUT2D eigenvalue weighted by Crippen LogP contribution is -2.24. The molecule has 0 atom stereocenters. The first-order valence-electron chi connectivity index (χ1n) is 5.34. The Morgan fingerprint density at radius 2 is 2.06 bits per heavy atom. The Balaban J connectivity index is 2.65. The van der Waals surface area contributed by atoms with E-state index < -0.39 is 16.9 Å². The van der Waals surface area contributed by atoms with Crippen molar-refractivity contribution in [3.63, 3.8) is 0 Å². The van der Waals surface area contributed by atoms with E-state index in [2.05, 4.69) is 15.9 Å². The molecule has 2 rings (SSSR count). The largest absolute Gasteiger partial charge is 0.405 e. The van der Waals surface area contributed by atoms with Crippen molar-refractivity contribution in [1.29, 1.82) is 0 Å². The van der Waals surface area contributed by atoms with Crippen molar-refractivity contribution in [2.45, 2.75) is 19.3 Å². The van der Waals surface area contributed by atoms with Gasteiger partial charge in [0, 0.05) is 12.5 Å². The Bertz CT molecular complexity index is 783. The number of nitrogens with one attached hydrogen (secondary N) is 2. The molecule has 0 saturated heterocycles. The zero-order chi connectivity index (χ0) is 13.1. The van der Waals surface area contributed by atoms with E-state index in [0.29, 0.717) is 24.8 Å². The maximum absolute atomic E-state index is 11.7. The third kappa shape index (κ3) is 2.25. The molecule has 0 aliphatic heterocycles. The highest BCUT2D eigenvalue weighted by Crippen LogP contribution is 2.11. The molecule has 0 radical (unpaired) electrons. The lowest BCUT2D eigenvalue weighted by molar-refractivity contribution is 0.544. The van der Waals surface area contributed by atoms with Crippen LogP contribution in [-0.4, -0.2) is 9.97 Å². The van der Waals surface area contributed by atoms with Gasteiger partial charge in [-0.05, 0) is 18.4 Å². The van der Waals surface area contributed by atoms with Crippen LogP contribution in [0, 0.1) is 12.3 Å². The van der Waals surface area contributed by atoms with E-state index in [1.165, 1.54) is 6.07 Å². The average molecular weight is 246 g/mol. The summed E-state index contributed by atoms with van der Waals surface area (Å²) in [5, 5.41) is 0.186. The summed E-state index contributed by atoms with van der Waals surface area (Å²) >= 11 is 0. The third-order valence-corrected chi connectivity index (χ3v) is 2.49. The molecule has 0 unspecified atom stereocenters. The third-order valence-electron chi connectivity index (χ3n) is 2.49. The van der Waals surface area contributed by atoms with Crippen LogP contribution in [0.4, 0.5) is 0 Å². The van der Waals surface area contributed by atoms with E-state index in [0.717, 1.165) is 0 Å². The summed E-state index contributed by atoms with van der Waals surface area (Å²) in [4.78, 5) is 38.5. The van der Waals surface area contributed by atoms with Gasteiger partial charge in [-0.25, -0.2) is 9.59 Å². The van der Waals surface area contributed by atoms with Crippen LogP contribution in [0.2, 0.25) is 0 Å². The molecular weight excluding hydrogens is 236 g/mol. The predicted molar refractivity (Wildman–Crippen MR) is 65.5 cm³/mol. The Hall–Kier alpha value is -2.55. The van der Waals surface area contributed by atoms with E-state index in [1.807, 2.05) is 0 Å². The van der Waals surface area contributed by atoms with Crippen molar-refractivity contribution in [3.8, 4) is 12.3 Å². The normalized spacial score (nSPS) is 10.4. The number of hydrogen-bond acceptors (Lipinski definition) is 4. The summed E-state index contributed by atoms with van der Waals surface area (Å²) in [6.45, 7) is 0. The lowest BCUT2D eigenvalue weighted by atomic mass is 10.1. The number of H-pyrrole nitrogens is 2. The van der Waals surface area contributed by atoms with Gasteiger partial charge in [0.05, 0.1) is 0 Å². The molecule has 0 saturated carbocycles. The standard InChI is InChI=1S/C12H10N2O4/c1-2-3-4-5-7-6-8(15)18-11-9(7)10(16)13-12(17)14-11/h1,6H,3-5H2,(H2,13,14,16,17). The Labute approximate surface area is 101 Å². The second-order valence-electron chi connectivity index (χ2n) is 3.76. The van der Waals surface area contributed by atoms with Crippen molar-refractivity contribution in [2.24, 2.45) is 0 Å². The molecule has 92 valence electrons. The molecule has 0 bridgehead atoms. The number of aryl methyl sites for hydroxylation is 1. The minimum Gasteiger partial charge on any atom is -0.405 e. The van der Waals surface area contributed by atoms with Gasteiger partial charge in [0.1, 0.15) is 5.39 Å². The number of aromatic nitrogens is 2. The summed E-state index contributed by atoms with van der Waals surface area (Å²) < 4.78 is 4.80. The molecule has 0 aromatic carbocycles. The molecule has 2 aromatic rings. The summed E-state index contributed by atoms with van der Waals surface area (Å²) in [7, 11) is 0. The monoisotopic (exact) mass is 246 g/mol. The molecule has 0 aliphatic rings. The molecule has 6 heteroatoms. The van der Waals surface area contributed by atoms with Crippen LogP contribution >= 0.6 is 0 Å². The predicted octanol–water partition coefficient (Wildman–Crippen LogP) is 0.125. The van der Waals surface area contributed by atoms with Crippen molar-refractivity contribution >= 4 is 11.1 Å². The van der Waals surface area contributed by atoms with E-state index in [9.17, 15) is 14.4 Å². The molecule has 0 spiro atoms. The molecule has 2 aromatic heterocycles. The molecule has 18 heavy (non-hydrogen) atoms. The fourth-order valence-electron chi connectivity index (χ4n) is 1.76. The van der Waals surface area contributed by atoms with Gasteiger partial charge in [-0.15, -0.1) is 12.3 Å². The topological polar surface area (TPSA) is 95.9 Å². The lowest BCUT2D eigenvalue weighted by Gasteiger charge is -2.02. The van der Waals surface area contributed by atoms with Crippen LogP contribution in [0.5, 0.6) is 0 Å². The van der Waals surface area contributed by atoms with Gasteiger partial charge in [-0.3, -0.25) is 14.8 Å². The second kappa shape index (κ2) is 4.75. The molecule has 6 nitrogen and oxygen atoms in total. The van der Waals surface area contributed by atoms with Gasteiger partial charge >= 0.3 is 11.3 Å². The number of terminal acetylenes is 1. The van der Waals surface area contributed by atoms with Gasteiger partial charge in [-0.2, -0.15) is 0 Å². The Morgan fingerprint density at radius 3 is 2.78 bits per heavy atom. The molecule has 0 amide bonds. The van der Waals surface area contributed by atoms with E-state index in [-0.39, 0.29) is 11.1 Å². The summed E-state index contributed by atoms with van der Waals surface area (Å²) in [6, 6.07) is 1.24. The Kier molecular flexibility index (Phi) is 3.15. The van der Waals surface area contributed by atoms with Crippen molar-refractivity contribution < 1.29 is 4.42 Å². The summed E-state index contributed by atoms with van der Waals surface area (Å²) in [6.07, 6.45) is 6.80. The van der Waals surface area contributed by atoms with Crippen LogP contribution in [0.3, 0.4) is 0 Å². The zero-order valence-corrected chi connectivity index (χ0v) is 9.41. The van der Waals surface area contributed by atoms with Crippen LogP contribution in [0.1, 0.15) is 18.4 Å². The first-order chi connectivity index (χ1) is 8.61. The van der Waals surface area contributed by atoms with Crippen LogP contribution in [0.15, 0.2) is 24.9 Å². The minimum absolute atomic E-state index is 0.105. The highest BCUT2D eigenvalue weighted by Gasteiger charge is 2.10. The van der Waals surface area contributed by atoms with E-state index in [4.69, 9.17) is 10.8 Å². The van der Waals surface area contributed by atoms with Crippen molar-refractivity contribution in [1.82, 2.24) is 9.97 Å². The van der Waals surface area contributed by atoms with E-state index >= 15 is 0 Å². The summed E-state index contributed by atoms with van der Waals surface area (Å²) in [5.41, 5.74) is -1.48. The first-order valence-corrected chi connectivity index (χ1v) is 5.34. The van der Waals surface area contributed by atoms with Gasteiger partial charge in [0.25, 0.3) is 5.56 Å². The van der Waals surface area contributed by atoms with Gasteiger partial charge < -0.3 is 4.42 Å². The number of rotatable bonds is 3. The average Bonchev–Trinajstić information content (AvgIpc) is 2.27. The number of fused-ring (bicyclic) bond motifs is 1. The smallest absolute Gasteiger partial charge is 0.337 e. The Morgan fingerprint density at radius 1 is 1.28 bits per heavy atom. The molecular formula is C12H10N2O4. The van der Waals surface area contributed by atoms with Crippen molar-refractivity contribution in [3.05, 3.63) is 42.9 Å². The van der Waals surface area contributed by atoms with Crippen LogP contribution in [0.25, 0.3) is 11.1 Å². The van der Waals surface area contributed by atoms with Gasteiger partial charge in [-0.1, -0.05) is 0 Å². The fraction of sp³-hybridized carbons (Fsp3) is 0.250. The number of unbranched alkanes of at least 4 members (excludes halogenated alkanes) is 1. The van der Waals surface area contributed by atoms with E-state index in [1.54, 1.807) is 0 Å². The molecule has 2 heterocycles. The molecule has 0 fully saturated rings. The van der Waals surface area contributed by atoms with Crippen LogP contribution in [-0.2, 0) is 6.42 Å². The highest BCUT2D eigenvalue weighted by molar-refractivity contribution is 5.75.